The first-order chi connectivity index (χ1) is 19.0. The number of ether oxygens (including phenoxy) is 5. The standard InChI is InChI=1S/C31H29NO7/c1-35-26-17-20(18-27(36-2)29(26)37-3)22-12-7-13-23-24(30(32-28(22)23)39-31(33)34)14-8-16-38-25-15-6-10-19-9-4-5-11-21(19)25/h4-7,9-13,15,17-18,32H,8,14,16H2,1-3H3,(H,33,34). The lowest BCUT2D eigenvalue weighted by molar-refractivity contribution is 0.142. The van der Waals surface area contributed by atoms with Gasteiger partial charge in [0.1, 0.15) is 5.75 Å². The Morgan fingerprint density at radius 3 is 2.23 bits per heavy atom. The van der Waals surface area contributed by atoms with Crippen LogP contribution in [0.1, 0.15) is 12.0 Å². The van der Waals surface area contributed by atoms with E-state index in [1.54, 1.807) is 21.3 Å². The molecule has 5 aromatic rings. The van der Waals surface area contributed by atoms with Crippen LogP contribution in [0.3, 0.4) is 0 Å². The Balaban J connectivity index is 1.46. The van der Waals surface area contributed by atoms with Gasteiger partial charge in [-0.25, -0.2) is 4.79 Å². The van der Waals surface area contributed by atoms with E-state index in [9.17, 15) is 9.90 Å². The predicted molar refractivity (Wildman–Crippen MR) is 150 cm³/mol. The summed E-state index contributed by atoms with van der Waals surface area (Å²) in [4.78, 5) is 14.7. The molecule has 1 heterocycles. The fourth-order valence-corrected chi connectivity index (χ4v) is 4.90. The predicted octanol–water partition coefficient (Wildman–Crippen LogP) is 7.08. The number of fused-ring (bicyclic) bond motifs is 2. The average Bonchev–Trinajstić information content (AvgIpc) is 3.30. The lowest BCUT2D eigenvalue weighted by Gasteiger charge is -2.14. The third-order valence-electron chi connectivity index (χ3n) is 6.65. The summed E-state index contributed by atoms with van der Waals surface area (Å²) >= 11 is 0. The molecule has 0 spiro atoms. The van der Waals surface area contributed by atoms with Crippen molar-refractivity contribution in [3.63, 3.8) is 0 Å². The number of aromatic nitrogens is 1. The number of para-hydroxylation sites is 1. The lowest BCUT2D eigenvalue weighted by Crippen LogP contribution is -2.06. The summed E-state index contributed by atoms with van der Waals surface area (Å²) in [5, 5.41) is 12.4. The zero-order valence-corrected chi connectivity index (χ0v) is 21.9. The second-order valence-corrected chi connectivity index (χ2v) is 8.87. The number of hydrogen-bond donors (Lipinski definition) is 2. The zero-order valence-electron chi connectivity index (χ0n) is 21.9. The van der Waals surface area contributed by atoms with Gasteiger partial charge >= 0.3 is 6.16 Å². The van der Waals surface area contributed by atoms with Crippen LogP contribution in [0.4, 0.5) is 4.79 Å². The van der Waals surface area contributed by atoms with Gasteiger partial charge in [0.2, 0.25) is 11.6 Å². The van der Waals surface area contributed by atoms with Gasteiger partial charge in [0.25, 0.3) is 0 Å². The Morgan fingerprint density at radius 2 is 1.51 bits per heavy atom. The van der Waals surface area contributed by atoms with E-state index in [1.165, 1.54) is 0 Å². The SMILES string of the molecule is COc1cc(-c2cccc3c(CCCOc4cccc5ccccc45)c(OC(=O)O)[nH]c23)cc(OC)c1OC. The molecule has 8 nitrogen and oxygen atoms in total. The van der Waals surface area contributed by atoms with Crippen LogP contribution in [0, 0.1) is 0 Å². The topological polar surface area (TPSA) is 99.2 Å². The molecule has 0 bridgehead atoms. The molecule has 200 valence electrons. The van der Waals surface area contributed by atoms with Crippen LogP contribution >= 0.6 is 0 Å². The van der Waals surface area contributed by atoms with Gasteiger partial charge in [-0.2, -0.15) is 0 Å². The van der Waals surface area contributed by atoms with Gasteiger partial charge in [0.15, 0.2) is 11.5 Å². The largest absolute Gasteiger partial charge is 0.512 e. The monoisotopic (exact) mass is 527 g/mol. The van der Waals surface area contributed by atoms with Crippen molar-refractivity contribution in [2.75, 3.05) is 27.9 Å². The van der Waals surface area contributed by atoms with E-state index in [-0.39, 0.29) is 5.88 Å². The molecule has 4 aromatic carbocycles. The van der Waals surface area contributed by atoms with E-state index in [2.05, 4.69) is 17.1 Å². The molecule has 0 fully saturated rings. The lowest BCUT2D eigenvalue weighted by atomic mass is 9.99. The van der Waals surface area contributed by atoms with Crippen molar-refractivity contribution < 1.29 is 33.6 Å². The van der Waals surface area contributed by atoms with Crippen molar-refractivity contribution in [2.45, 2.75) is 12.8 Å². The third-order valence-corrected chi connectivity index (χ3v) is 6.65. The van der Waals surface area contributed by atoms with Gasteiger partial charge in [-0.05, 0) is 42.0 Å². The molecule has 0 aliphatic rings. The maximum Gasteiger partial charge on any atom is 0.512 e. The number of benzene rings is 4. The summed E-state index contributed by atoms with van der Waals surface area (Å²) < 4.78 is 27.8. The van der Waals surface area contributed by atoms with Crippen molar-refractivity contribution in [3.8, 4) is 40.0 Å². The number of H-pyrrole nitrogens is 1. The highest BCUT2D eigenvalue weighted by molar-refractivity contribution is 5.98. The summed E-state index contributed by atoms with van der Waals surface area (Å²) in [6, 6.07) is 23.6. The average molecular weight is 528 g/mol. The minimum Gasteiger partial charge on any atom is -0.493 e. The van der Waals surface area contributed by atoms with E-state index < -0.39 is 6.16 Å². The first-order valence-electron chi connectivity index (χ1n) is 12.5. The molecule has 1 aromatic heterocycles. The molecule has 0 atom stereocenters. The van der Waals surface area contributed by atoms with E-state index in [4.69, 9.17) is 23.7 Å². The summed E-state index contributed by atoms with van der Waals surface area (Å²) in [7, 11) is 4.68. The van der Waals surface area contributed by atoms with Gasteiger partial charge < -0.3 is 33.8 Å². The summed E-state index contributed by atoms with van der Waals surface area (Å²) in [5.41, 5.74) is 3.15. The highest BCUT2D eigenvalue weighted by atomic mass is 16.7. The molecule has 2 N–H and O–H groups in total. The van der Waals surface area contributed by atoms with Crippen LogP contribution in [0.5, 0.6) is 28.9 Å². The molecule has 5 rings (SSSR count). The Bertz CT molecular complexity index is 1610. The normalized spacial score (nSPS) is 10.9. The molecule has 8 heteroatoms. The Hall–Kier alpha value is -4.85. The van der Waals surface area contributed by atoms with Crippen LogP contribution in [0.2, 0.25) is 0 Å². The molecular formula is C31H29NO7. The van der Waals surface area contributed by atoms with Gasteiger partial charge in [0.05, 0.1) is 33.5 Å². The number of methoxy groups -OCH3 is 3. The second-order valence-electron chi connectivity index (χ2n) is 8.87. The van der Waals surface area contributed by atoms with E-state index in [0.29, 0.717) is 36.7 Å². The first-order valence-corrected chi connectivity index (χ1v) is 12.5. The van der Waals surface area contributed by atoms with Crippen molar-refractivity contribution >= 4 is 27.8 Å². The molecule has 0 unspecified atom stereocenters. The van der Waals surface area contributed by atoms with E-state index in [0.717, 1.165) is 44.1 Å². The maximum absolute atomic E-state index is 11.5. The summed E-state index contributed by atoms with van der Waals surface area (Å²) in [6.45, 7) is 0.458. The van der Waals surface area contributed by atoms with Crippen LogP contribution in [0.15, 0.2) is 72.8 Å². The molecule has 0 aliphatic heterocycles. The van der Waals surface area contributed by atoms with Gasteiger partial charge in [-0.3, -0.25) is 0 Å². The van der Waals surface area contributed by atoms with Crippen molar-refractivity contribution in [1.29, 1.82) is 0 Å². The summed E-state index contributed by atoms with van der Waals surface area (Å²) in [6.07, 6.45) is -0.184. The summed E-state index contributed by atoms with van der Waals surface area (Å²) in [5.74, 6) is 2.54. The van der Waals surface area contributed by atoms with Crippen LogP contribution in [-0.2, 0) is 6.42 Å². The Morgan fingerprint density at radius 1 is 0.821 bits per heavy atom. The van der Waals surface area contributed by atoms with Crippen molar-refractivity contribution in [2.24, 2.45) is 0 Å². The molecule has 0 amide bonds. The molecule has 0 saturated heterocycles. The Labute approximate surface area is 225 Å². The number of aromatic amines is 1. The minimum absolute atomic E-state index is 0.197. The van der Waals surface area contributed by atoms with Crippen LogP contribution in [-0.4, -0.2) is 44.2 Å². The maximum atomic E-state index is 11.5. The van der Waals surface area contributed by atoms with Crippen LogP contribution < -0.4 is 23.7 Å². The quantitative estimate of drug-likeness (QED) is 0.148. The molecule has 0 aliphatic carbocycles. The fraction of sp³-hybridized carbons (Fsp3) is 0.194. The molecule has 0 radical (unpaired) electrons. The molecular weight excluding hydrogens is 498 g/mol. The fourth-order valence-electron chi connectivity index (χ4n) is 4.90. The van der Waals surface area contributed by atoms with Gasteiger partial charge in [0, 0.05) is 21.9 Å². The highest BCUT2D eigenvalue weighted by Crippen LogP contribution is 2.43. The minimum atomic E-state index is -1.39. The second kappa shape index (κ2) is 11.3. The Kier molecular flexibility index (Phi) is 7.45. The van der Waals surface area contributed by atoms with Gasteiger partial charge in [-0.15, -0.1) is 0 Å². The van der Waals surface area contributed by atoms with Crippen molar-refractivity contribution in [3.05, 3.63) is 78.4 Å². The number of aryl methyl sites for hydroxylation is 1. The molecule has 0 saturated carbocycles. The van der Waals surface area contributed by atoms with Gasteiger partial charge in [-0.1, -0.05) is 54.6 Å². The number of nitrogens with one attached hydrogen (secondary N) is 1. The smallest absolute Gasteiger partial charge is 0.493 e. The number of carboxylic acid groups (broad SMARTS) is 1. The zero-order chi connectivity index (χ0) is 27.4. The number of rotatable bonds is 10. The van der Waals surface area contributed by atoms with E-state index >= 15 is 0 Å². The molecule has 39 heavy (non-hydrogen) atoms. The number of hydrogen-bond acceptors (Lipinski definition) is 6. The highest BCUT2D eigenvalue weighted by Gasteiger charge is 2.20. The first kappa shape index (κ1) is 25.8. The van der Waals surface area contributed by atoms with Crippen LogP contribution in [0.25, 0.3) is 32.8 Å². The number of carbonyl (C=O) groups is 1. The third kappa shape index (κ3) is 5.13. The van der Waals surface area contributed by atoms with E-state index in [1.807, 2.05) is 60.7 Å². The van der Waals surface area contributed by atoms with Crippen molar-refractivity contribution in [1.82, 2.24) is 4.98 Å².